The van der Waals surface area contributed by atoms with Crippen molar-refractivity contribution in [2.24, 2.45) is 5.92 Å². The summed E-state index contributed by atoms with van der Waals surface area (Å²) in [4.78, 5) is 0. The molecule has 1 aliphatic rings. The van der Waals surface area contributed by atoms with E-state index in [0.29, 0.717) is 11.7 Å². The first kappa shape index (κ1) is 14.3. The molecule has 2 unspecified atom stereocenters. The largest absolute Gasteiger partial charge is 0.490 e. The number of halogens is 1. The van der Waals surface area contributed by atoms with Gasteiger partial charge in [-0.3, -0.25) is 0 Å². The van der Waals surface area contributed by atoms with Crippen LogP contribution in [0.25, 0.3) is 0 Å². The van der Waals surface area contributed by atoms with Gasteiger partial charge in [0, 0.05) is 24.1 Å². The summed E-state index contributed by atoms with van der Waals surface area (Å²) < 4.78 is 19.5. The number of nitrogens with one attached hydrogen (secondary N) is 1. The Labute approximate surface area is 115 Å². The van der Waals surface area contributed by atoms with Gasteiger partial charge in [0.1, 0.15) is 17.7 Å². The predicted octanol–water partition coefficient (Wildman–Crippen LogP) is 4.06. The number of fused-ring (bicyclic) bond motifs is 1. The van der Waals surface area contributed by atoms with Crippen LogP contribution in [-0.2, 0) is 0 Å². The van der Waals surface area contributed by atoms with Gasteiger partial charge >= 0.3 is 0 Å². The summed E-state index contributed by atoms with van der Waals surface area (Å²) in [5.41, 5.74) is 1.09. The molecule has 1 aliphatic heterocycles. The third-order valence-electron chi connectivity index (χ3n) is 4.12. The van der Waals surface area contributed by atoms with Gasteiger partial charge in [0.15, 0.2) is 0 Å². The number of rotatable bonds is 5. The molecule has 1 heterocycles. The van der Waals surface area contributed by atoms with Crippen molar-refractivity contribution in [2.45, 2.75) is 52.2 Å². The van der Waals surface area contributed by atoms with E-state index in [1.807, 2.05) is 6.07 Å². The summed E-state index contributed by atoms with van der Waals surface area (Å²) in [5.74, 6) is 1.03. The quantitative estimate of drug-likeness (QED) is 0.866. The number of benzene rings is 1. The van der Waals surface area contributed by atoms with Gasteiger partial charge < -0.3 is 10.1 Å². The molecule has 0 aromatic heterocycles. The molecule has 0 bridgehead atoms. The Morgan fingerprint density at radius 2 is 2.05 bits per heavy atom. The topological polar surface area (TPSA) is 21.3 Å². The van der Waals surface area contributed by atoms with Gasteiger partial charge in [0.25, 0.3) is 0 Å². The maximum Gasteiger partial charge on any atom is 0.127 e. The highest BCUT2D eigenvalue weighted by molar-refractivity contribution is 5.38. The first-order chi connectivity index (χ1) is 9.19. The zero-order chi connectivity index (χ0) is 13.8. The maximum absolute atomic E-state index is 13.4. The van der Waals surface area contributed by atoms with E-state index >= 15 is 0 Å². The summed E-state index contributed by atoms with van der Waals surface area (Å²) in [5, 5.41) is 3.49. The van der Waals surface area contributed by atoms with Crippen LogP contribution in [0.4, 0.5) is 4.39 Å². The molecule has 0 aliphatic carbocycles. The Morgan fingerprint density at radius 1 is 1.32 bits per heavy atom. The van der Waals surface area contributed by atoms with Gasteiger partial charge in [-0.15, -0.1) is 0 Å². The van der Waals surface area contributed by atoms with Gasteiger partial charge in [-0.25, -0.2) is 4.39 Å². The fraction of sp³-hybridized carbons (Fsp3) is 0.625. The van der Waals surface area contributed by atoms with Crippen LogP contribution in [0.5, 0.6) is 5.75 Å². The maximum atomic E-state index is 13.4. The Hall–Kier alpha value is -1.09. The lowest BCUT2D eigenvalue weighted by Crippen LogP contribution is -2.37. The van der Waals surface area contributed by atoms with Crippen LogP contribution in [-0.4, -0.2) is 12.6 Å². The Balaban J connectivity index is 2.27. The molecule has 0 saturated heterocycles. The van der Waals surface area contributed by atoms with Gasteiger partial charge in [0.2, 0.25) is 0 Å². The Bertz CT molecular complexity index is 417. The lowest BCUT2D eigenvalue weighted by Gasteiger charge is -2.36. The van der Waals surface area contributed by atoms with Crippen LogP contribution >= 0.6 is 0 Å². The van der Waals surface area contributed by atoms with Gasteiger partial charge in [0.05, 0.1) is 0 Å². The Morgan fingerprint density at radius 3 is 2.68 bits per heavy atom. The van der Waals surface area contributed by atoms with Gasteiger partial charge in [-0.05, 0) is 31.4 Å². The molecule has 0 amide bonds. The molecule has 1 aromatic carbocycles. The van der Waals surface area contributed by atoms with E-state index in [-0.39, 0.29) is 18.0 Å². The van der Waals surface area contributed by atoms with Crippen LogP contribution in [0, 0.1) is 11.7 Å². The minimum absolute atomic E-state index is 0.188. The highest BCUT2D eigenvalue weighted by Gasteiger charge is 2.31. The summed E-state index contributed by atoms with van der Waals surface area (Å²) in [6, 6.07) is 5.17. The van der Waals surface area contributed by atoms with Crippen molar-refractivity contribution in [3.63, 3.8) is 0 Å². The molecule has 1 aromatic rings. The minimum Gasteiger partial charge on any atom is -0.490 e. The lowest BCUT2D eigenvalue weighted by molar-refractivity contribution is 0.0878. The summed E-state index contributed by atoms with van der Waals surface area (Å²) in [6.07, 6.45) is 3.36. The number of ether oxygens (including phenoxy) is 1. The van der Waals surface area contributed by atoms with Gasteiger partial charge in [-0.2, -0.15) is 0 Å². The normalized spacial score (nSPS) is 22.2. The van der Waals surface area contributed by atoms with E-state index in [9.17, 15) is 4.39 Å². The van der Waals surface area contributed by atoms with Crippen molar-refractivity contribution in [3.05, 3.63) is 29.6 Å². The minimum atomic E-state index is -0.223. The van der Waals surface area contributed by atoms with E-state index in [0.717, 1.165) is 31.4 Å². The van der Waals surface area contributed by atoms with Crippen molar-refractivity contribution in [1.29, 1.82) is 0 Å². The number of hydrogen-bond acceptors (Lipinski definition) is 2. The zero-order valence-corrected chi connectivity index (χ0v) is 12.1. The fourth-order valence-corrected chi connectivity index (χ4v) is 3.01. The molecule has 3 heteroatoms. The predicted molar refractivity (Wildman–Crippen MR) is 75.9 cm³/mol. The van der Waals surface area contributed by atoms with Crippen LogP contribution in [0.1, 0.15) is 51.6 Å². The van der Waals surface area contributed by atoms with Crippen LogP contribution in [0.15, 0.2) is 18.2 Å². The van der Waals surface area contributed by atoms with E-state index < -0.39 is 0 Å². The van der Waals surface area contributed by atoms with Crippen LogP contribution in [0.3, 0.4) is 0 Å². The standard InChI is InChI=1S/C16H24FNO/c1-4-11(5-2)15-10-14(18-6-3)13-8-7-12(17)9-16(13)19-15/h7-9,11,14-15,18H,4-6,10H2,1-3H3. The highest BCUT2D eigenvalue weighted by atomic mass is 19.1. The average molecular weight is 265 g/mol. The molecule has 2 nitrogen and oxygen atoms in total. The third kappa shape index (κ3) is 3.08. The van der Waals surface area contributed by atoms with Crippen molar-refractivity contribution in [1.82, 2.24) is 5.32 Å². The Kier molecular flexibility index (Phi) is 4.81. The van der Waals surface area contributed by atoms with Crippen LogP contribution < -0.4 is 10.1 Å². The molecule has 2 atom stereocenters. The molecule has 0 saturated carbocycles. The molecule has 19 heavy (non-hydrogen) atoms. The smallest absolute Gasteiger partial charge is 0.127 e. The van der Waals surface area contributed by atoms with E-state index in [2.05, 4.69) is 26.1 Å². The van der Waals surface area contributed by atoms with Crippen molar-refractivity contribution >= 4 is 0 Å². The fourth-order valence-electron chi connectivity index (χ4n) is 3.01. The summed E-state index contributed by atoms with van der Waals surface area (Å²) in [7, 11) is 0. The second kappa shape index (κ2) is 6.38. The molecule has 0 radical (unpaired) electrons. The third-order valence-corrected chi connectivity index (χ3v) is 4.12. The SMILES string of the molecule is CCNC1CC(C(CC)CC)Oc2cc(F)ccc21. The summed E-state index contributed by atoms with van der Waals surface area (Å²) >= 11 is 0. The second-order valence-electron chi connectivity index (χ2n) is 5.26. The molecule has 0 fully saturated rings. The van der Waals surface area contributed by atoms with Crippen LogP contribution in [0.2, 0.25) is 0 Å². The van der Waals surface area contributed by atoms with Crippen molar-refractivity contribution in [2.75, 3.05) is 6.54 Å². The summed E-state index contributed by atoms with van der Waals surface area (Å²) in [6.45, 7) is 7.41. The monoisotopic (exact) mass is 265 g/mol. The van der Waals surface area contributed by atoms with E-state index in [1.165, 1.54) is 12.1 Å². The zero-order valence-electron chi connectivity index (χ0n) is 12.1. The lowest BCUT2D eigenvalue weighted by atomic mass is 9.87. The molecular weight excluding hydrogens is 241 g/mol. The first-order valence-corrected chi connectivity index (χ1v) is 7.39. The molecule has 2 rings (SSSR count). The number of hydrogen-bond donors (Lipinski definition) is 1. The van der Waals surface area contributed by atoms with E-state index in [1.54, 1.807) is 0 Å². The van der Waals surface area contributed by atoms with Gasteiger partial charge in [-0.1, -0.05) is 26.8 Å². The first-order valence-electron chi connectivity index (χ1n) is 7.39. The molecule has 0 spiro atoms. The molecule has 106 valence electrons. The van der Waals surface area contributed by atoms with E-state index in [4.69, 9.17) is 4.74 Å². The molecule has 1 N–H and O–H groups in total. The molecular formula is C16H24FNO. The van der Waals surface area contributed by atoms with Crippen molar-refractivity contribution in [3.8, 4) is 5.75 Å². The van der Waals surface area contributed by atoms with Crippen molar-refractivity contribution < 1.29 is 9.13 Å². The second-order valence-corrected chi connectivity index (χ2v) is 5.26. The highest BCUT2D eigenvalue weighted by Crippen LogP contribution is 2.38. The average Bonchev–Trinajstić information content (AvgIpc) is 2.40.